The minimum atomic E-state index is 0.119. The molecule has 1 fully saturated rings. The molecule has 0 unspecified atom stereocenters. The number of furan rings is 1. The van der Waals surface area contributed by atoms with Crippen LogP contribution in [0.15, 0.2) is 45.9 Å². The molecule has 1 aliphatic heterocycles. The monoisotopic (exact) mass is 344 g/mol. The van der Waals surface area contributed by atoms with Crippen LogP contribution in [-0.2, 0) is 11.3 Å². The number of nitrogens with zero attached hydrogens (tertiary/aromatic N) is 2. The van der Waals surface area contributed by atoms with Gasteiger partial charge >= 0.3 is 0 Å². The fraction of sp³-hybridized carbons (Fsp3) is 0.294. The van der Waals surface area contributed by atoms with Crippen molar-refractivity contribution in [1.29, 1.82) is 0 Å². The van der Waals surface area contributed by atoms with Gasteiger partial charge in [-0.05, 0) is 36.0 Å². The van der Waals surface area contributed by atoms with Gasteiger partial charge in [-0.15, -0.1) is 0 Å². The lowest BCUT2D eigenvalue weighted by Crippen LogP contribution is -2.35. The summed E-state index contributed by atoms with van der Waals surface area (Å²) in [5.74, 6) is 1.43. The molecule has 3 rings (SSSR count). The van der Waals surface area contributed by atoms with E-state index in [0.29, 0.717) is 5.76 Å². The molecule has 0 aliphatic carbocycles. The maximum atomic E-state index is 5.79. The number of hydrazone groups is 1. The lowest BCUT2D eigenvalue weighted by atomic mass is 10.1. The standard InChI is InChI=1S/C17H20N4O2S/c18-17(24)20-19-11-15-4-5-16(23-15)14-3-1-2-13(10-14)12-21-6-8-22-9-7-21/h1-5,10-11H,6-9,12H2,(H3,18,20,24)/b19-11+. The van der Waals surface area contributed by atoms with Gasteiger partial charge in [0.05, 0.1) is 19.4 Å². The van der Waals surface area contributed by atoms with Crippen LogP contribution in [0, 0.1) is 0 Å². The van der Waals surface area contributed by atoms with Gasteiger partial charge in [0.1, 0.15) is 11.5 Å². The molecule has 7 heteroatoms. The number of rotatable bonds is 5. The van der Waals surface area contributed by atoms with Gasteiger partial charge in [0.2, 0.25) is 0 Å². The Morgan fingerprint density at radius 3 is 2.92 bits per heavy atom. The Labute approximate surface area is 146 Å². The first kappa shape index (κ1) is 16.6. The summed E-state index contributed by atoms with van der Waals surface area (Å²) in [6, 6.07) is 12.2. The normalized spacial score (nSPS) is 15.7. The molecule has 6 nitrogen and oxygen atoms in total. The number of nitrogens with two attached hydrogens (primary N) is 1. The summed E-state index contributed by atoms with van der Waals surface area (Å²) < 4.78 is 11.2. The van der Waals surface area contributed by atoms with Gasteiger partial charge in [-0.25, -0.2) is 0 Å². The van der Waals surface area contributed by atoms with Crippen molar-refractivity contribution in [1.82, 2.24) is 10.3 Å². The van der Waals surface area contributed by atoms with Crippen LogP contribution in [0.1, 0.15) is 11.3 Å². The molecule has 1 aliphatic rings. The van der Waals surface area contributed by atoms with Crippen molar-refractivity contribution in [2.45, 2.75) is 6.54 Å². The van der Waals surface area contributed by atoms with E-state index in [1.807, 2.05) is 18.2 Å². The molecule has 0 atom stereocenters. The van der Waals surface area contributed by atoms with Gasteiger partial charge < -0.3 is 14.9 Å². The summed E-state index contributed by atoms with van der Waals surface area (Å²) in [6.45, 7) is 4.48. The average molecular weight is 344 g/mol. The zero-order valence-electron chi connectivity index (χ0n) is 13.3. The van der Waals surface area contributed by atoms with E-state index in [1.165, 1.54) is 5.56 Å². The number of benzene rings is 1. The summed E-state index contributed by atoms with van der Waals surface area (Å²) in [5.41, 5.74) is 10.1. The molecular formula is C17H20N4O2S. The molecule has 3 N–H and O–H groups in total. The summed E-state index contributed by atoms with van der Waals surface area (Å²) in [5, 5.41) is 4.01. The van der Waals surface area contributed by atoms with Crippen molar-refractivity contribution in [3.63, 3.8) is 0 Å². The lowest BCUT2D eigenvalue weighted by molar-refractivity contribution is 0.0342. The molecule has 0 radical (unpaired) electrons. The highest BCUT2D eigenvalue weighted by Gasteiger charge is 2.11. The molecule has 0 bridgehead atoms. The SMILES string of the molecule is NC(=S)N/N=C/c1ccc(-c2cccc(CN3CCOCC3)c2)o1. The van der Waals surface area contributed by atoms with Gasteiger partial charge in [0, 0.05) is 25.2 Å². The maximum absolute atomic E-state index is 5.79. The fourth-order valence-corrected chi connectivity index (χ4v) is 2.63. The first-order valence-electron chi connectivity index (χ1n) is 7.78. The van der Waals surface area contributed by atoms with Crippen molar-refractivity contribution >= 4 is 23.5 Å². The quantitative estimate of drug-likeness (QED) is 0.490. The molecule has 0 saturated carbocycles. The van der Waals surface area contributed by atoms with Crippen LogP contribution in [-0.4, -0.2) is 42.5 Å². The average Bonchev–Trinajstić information content (AvgIpc) is 3.05. The number of nitrogens with one attached hydrogen (secondary N) is 1. The third-order valence-electron chi connectivity index (χ3n) is 3.71. The topological polar surface area (TPSA) is 76.0 Å². The highest BCUT2D eigenvalue weighted by atomic mass is 32.1. The molecule has 0 spiro atoms. The zero-order chi connectivity index (χ0) is 16.8. The van der Waals surface area contributed by atoms with E-state index in [0.717, 1.165) is 44.2 Å². The molecule has 126 valence electrons. The minimum Gasteiger partial charge on any atom is -0.455 e. The number of thiocarbonyl (C=S) groups is 1. The van der Waals surface area contributed by atoms with E-state index < -0.39 is 0 Å². The van der Waals surface area contributed by atoms with Crippen molar-refractivity contribution in [2.24, 2.45) is 10.8 Å². The Hall–Kier alpha value is -2.22. The van der Waals surface area contributed by atoms with E-state index in [1.54, 1.807) is 6.21 Å². The van der Waals surface area contributed by atoms with Gasteiger partial charge in [-0.2, -0.15) is 5.10 Å². The Kier molecular flexibility index (Phi) is 5.58. The van der Waals surface area contributed by atoms with Crippen LogP contribution >= 0.6 is 12.2 Å². The van der Waals surface area contributed by atoms with Crippen molar-refractivity contribution in [3.8, 4) is 11.3 Å². The molecule has 2 aromatic rings. The Balaban J connectivity index is 1.68. The smallest absolute Gasteiger partial charge is 0.184 e. The molecule has 2 heterocycles. The van der Waals surface area contributed by atoms with Crippen molar-refractivity contribution < 1.29 is 9.15 Å². The van der Waals surface area contributed by atoms with Gasteiger partial charge in [-0.3, -0.25) is 10.3 Å². The second-order valence-corrected chi connectivity index (χ2v) is 5.96. The second kappa shape index (κ2) is 8.05. The Bertz CT molecular complexity index is 723. The van der Waals surface area contributed by atoms with E-state index in [4.69, 9.17) is 14.9 Å². The van der Waals surface area contributed by atoms with Crippen LogP contribution in [0.4, 0.5) is 0 Å². The van der Waals surface area contributed by atoms with Crippen LogP contribution in [0.5, 0.6) is 0 Å². The summed E-state index contributed by atoms with van der Waals surface area (Å²) in [6.07, 6.45) is 1.54. The number of hydrogen-bond donors (Lipinski definition) is 2. The largest absolute Gasteiger partial charge is 0.455 e. The van der Waals surface area contributed by atoms with Crippen molar-refractivity contribution in [3.05, 3.63) is 47.7 Å². The third kappa shape index (κ3) is 4.64. The van der Waals surface area contributed by atoms with Crippen LogP contribution in [0.2, 0.25) is 0 Å². The first-order valence-corrected chi connectivity index (χ1v) is 8.19. The summed E-state index contributed by atoms with van der Waals surface area (Å²) in [4.78, 5) is 2.39. The van der Waals surface area contributed by atoms with E-state index in [2.05, 4.69) is 45.8 Å². The Morgan fingerprint density at radius 1 is 1.29 bits per heavy atom. The molecule has 0 amide bonds. The predicted octanol–water partition coefficient (Wildman–Crippen LogP) is 1.95. The first-order chi connectivity index (χ1) is 11.7. The van der Waals surface area contributed by atoms with Crippen LogP contribution in [0.3, 0.4) is 0 Å². The van der Waals surface area contributed by atoms with Crippen LogP contribution < -0.4 is 11.2 Å². The summed E-state index contributed by atoms with van der Waals surface area (Å²) in [7, 11) is 0. The molecule has 1 aromatic heterocycles. The van der Waals surface area contributed by atoms with Gasteiger partial charge in [0.25, 0.3) is 0 Å². The van der Waals surface area contributed by atoms with Gasteiger partial charge in [0.15, 0.2) is 5.11 Å². The fourth-order valence-electron chi connectivity index (χ4n) is 2.58. The highest BCUT2D eigenvalue weighted by Crippen LogP contribution is 2.23. The van der Waals surface area contributed by atoms with E-state index in [9.17, 15) is 0 Å². The number of morpholine rings is 1. The number of hydrogen-bond acceptors (Lipinski definition) is 5. The molecule has 1 aromatic carbocycles. The minimum absolute atomic E-state index is 0.119. The zero-order valence-corrected chi connectivity index (χ0v) is 14.1. The highest BCUT2D eigenvalue weighted by molar-refractivity contribution is 7.80. The number of ether oxygens (including phenoxy) is 1. The van der Waals surface area contributed by atoms with E-state index >= 15 is 0 Å². The van der Waals surface area contributed by atoms with Gasteiger partial charge in [-0.1, -0.05) is 18.2 Å². The third-order valence-corrected chi connectivity index (χ3v) is 3.81. The molecule has 24 heavy (non-hydrogen) atoms. The van der Waals surface area contributed by atoms with Crippen molar-refractivity contribution in [2.75, 3.05) is 26.3 Å². The van der Waals surface area contributed by atoms with Crippen LogP contribution in [0.25, 0.3) is 11.3 Å². The second-order valence-electron chi connectivity index (χ2n) is 5.53. The van der Waals surface area contributed by atoms with E-state index in [-0.39, 0.29) is 5.11 Å². The summed E-state index contributed by atoms with van der Waals surface area (Å²) >= 11 is 4.68. The predicted molar refractivity (Wildman–Crippen MR) is 97.8 cm³/mol. The Morgan fingerprint density at radius 2 is 2.12 bits per heavy atom. The maximum Gasteiger partial charge on any atom is 0.184 e. The molecular weight excluding hydrogens is 324 g/mol. The lowest BCUT2D eigenvalue weighted by Gasteiger charge is -2.26. The molecule has 1 saturated heterocycles.